The fraction of sp³-hybridized carbons (Fsp3) is 0.0189. The van der Waals surface area contributed by atoms with Gasteiger partial charge in [0.15, 0.2) is 0 Å². The van der Waals surface area contributed by atoms with Crippen molar-refractivity contribution in [2.45, 2.75) is 6.92 Å². The van der Waals surface area contributed by atoms with E-state index in [9.17, 15) is 0 Å². The maximum Gasteiger partial charge on any atom is 0.107 e. The summed E-state index contributed by atoms with van der Waals surface area (Å²) >= 11 is 5.48. The third-order valence-electron chi connectivity index (χ3n) is 11.3. The maximum absolute atomic E-state index is 8.10. The van der Waals surface area contributed by atoms with Crippen LogP contribution in [-0.4, -0.2) is 12.1 Å². The molecule has 0 radical (unpaired) electrons. The molecule has 1 N–H and O–H groups in total. The van der Waals surface area contributed by atoms with Gasteiger partial charge in [0, 0.05) is 50.6 Å². The molecule has 0 bridgehead atoms. The van der Waals surface area contributed by atoms with Crippen LogP contribution in [0.25, 0.3) is 94.9 Å². The van der Waals surface area contributed by atoms with Crippen molar-refractivity contribution in [1.82, 2.24) is 0 Å². The van der Waals surface area contributed by atoms with Crippen LogP contribution in [0.3, 0.4) is 0 Å². The molecule has 0 unspecified atom stereocenters. The van der Waals surface area contributed by atoms with Crippen molar-refractivity contribution in [2.75, 3.05) is 0 Å². The Morgan fingerprint density at radius 1 is 0.431 bits per heavy atom. The van der Waals surface area contributed by atoms with Gasteiger partial charge in [-0.1, -0.05) is 133 Å². The van der Waals surface area contributed by atoms with Crippen molar-refractivity contribution in [3.05, 3.63) is 192 Å². The van der Waals surface area contributed by atoms with E-state index in [1.54, 1.807) is 11.3 Å². The number of fused-ring (bicyclic) bond motifs is 7. The Kier molecular flexibility index (Phi) is 8.47. The molecular weight excluding hydrogens is 761 g/mol. The highest BCUT2D eigenvalue weighted by Crippen LogP contribution is 2.43. The Morgan fingerprint density at radius 2 is 0.914 bits per heavy atom. The van der Waals surface area contributed by atoms with E-state index in [1.807, 2.05) is 22.7 Å². The van der Waals surface area contributed by atoms with Crippen molar-refractivity contribution in [1.29, 1.82) is 5.41 Å². The van der Waals surface area contributed by atoms with Crippen LogP contribution >= 0.6 is 34.0 Å². The van der Waals surface area contributed by atoms with Crippen molar-refractivity contribution in [3.63, 3.8) is 0 Å². The van der Waals surface area contributed by atoms with Gasteiger partial charge in [-0.05, 0) is 105 Å². The van der Waals surface area contributed by atoms with Crippen LogP contribution in [0.4, 0.5) is 0 Å². The predicted octanol–water partition coefficient (Wildman–Crippen LogP) is 16.1. The molecule has 0 aliphatic carbocycles. The number of aryl methyl sites for hydroxylation is 1. The van der Waals surface area contributed by atoms with Gasteiger partial charge in [-0.3, -0.25) is 5.41 Å². The average molecular weight is 795 g/mol. The van der Waals surface area contributed by atoms with E-state index in [0.29, 0.717) is 0 Å². The highest BCUT2D eigenvalue weighted by Gasteiger charge is 2.18. The summed E-state index contributed by atoms with van der Waals surface area (Å²) in [5, 5.41) is 14.6. The lowest BCUT2D eigenvalue weighted by Gasteiger charge is -2.10. The van der Waals surface area contributed by atoms with E-state index in [0.717, 1.165) is 27.3 Å². The SMILES string of the molecule is Cc1c(/C(=N\C=N)c2cccc(-c3cccc(-c4cccc5c4sc4ccccc45)c3)c2)sc2ccc(-c3cccc(-c4cccc5c4sc4ccccc45)c3)cc12. The fourth-order valence-corrected chi connectivity index (χ4v) is 12.2. The molecule has 11 aromatic rings. The van der Waals surface area contributed by atoms with E-state index in [2.05, 4.69) is 183 Å². The highest BCUT2D eigenvalue weighted by molar-refractivity contribution is 7.26. The first kappa shape index (κ1) is 34.7. The number of rotatable bonds is 7. The Bertz CT molecular complexity index is 3450. The highest BCUT2D eigenvalue weighted by atomic mass is 32.1. The summed E-state index contributed by atoms with van der Waals surface area (Å²) in [6.45, 7) is 2.19. The molecule has 11 rings (SSSR count). The van der Waals surface area contributed by atoms with Crippen LogP contribution in [0.5, 0.6) is 0 Å². The molecule has 3 aromatic heterocycles. The summed E-state index contributed by atoms with van der Waals surface area (Å²) in [7, 11) is 0. The quantitative estimate of drug-likeness (QED) is 0.123. The molecule has 5 heteroatoms. The molecule has 0 aliphatic heterocycles. The minimum atomic E-state index is 0.821. The van der Waals surface area contributed by atoms with Crippen LogP contribution in [0.2, 0.25) is 0 Å². The largest absolute Gasteiger partial charge is 0.290 e. The third kappa shape index (κ3) is 5.82. The van der Waals surface area contributed by atoms with Gasteiger partial charge in [-0.15, -0.1) is 34.0 Å². The first-order valence-corrected chi connectivity index (χ1v) is 21.8. The number of benzene rings is 8. The molecule has 3 heterocycles. The molecule has 0 aliphatic rings. The Labute approximate surface area is 348 Å². The van der Waals surface area contributed by atoms with E-state index in [1.165, 1.54) is 95.7 Å². The zero-order valence-corrected chi connectivity index (χ0v) is 33.9. The minimum Gasteiger partial charge on any atom is -0.290 e. The smallest absolute Gasteiger partial charge is 0.107 e. The summed E-state index contributed by atoms with van der Waals surface area (Å²) in [6.07, 6.45) is 1.17. The first-order chi connectivity index (χ1) is 28.6. The van der Waals surface area contributed by atoms with Crippen LogP contribution in [0.1, 0.15) is 16.0 Å². The molecule has 0 saturated carbocycles. The van der Waals surface area contributed by atoms with Crippen LogP contribution in [-0.2, 0) is 0 Å². The van der Waals surface area contributed by atoms with Crippen molar-refractivity contribution >= 4 is 96.5 Å². The minimum absolute atomic E-state index is 0.821. The van der Waals surface area contributed by atoms with Crippen molar-refractivity contribution in [3.8, 4) is 44.5 Å². The van der Waals surface area contributed by atoms with Crippen molar-refractivity contribution in [2.24, 2.45) is 4.99 Å². The van der Waals surface area contributed by atoms with Crippen molar-refractivity contribution < 1.29 is 0 Å². The Morgan fingerprint density at radius 3 is 1.52 bits per heavy atom. The first-order valence-electron chi connectivity index (χ1n) is 19.3. The summed E-state index contributed by atoms with van der Waals surface area (Å²) in [5.74, 6) is 0. The topological polar surface area (TPSA) is 36.2 Å². The van der Waals surface area contributed by atoms with Gasteiger partial charge in [-0.2, -0.15) is 0 Å². The average Bonchev–Trinajstić information content (AvgIpc) is 3.96. The van der Waals surface area contributed by atoms with Crippen LogP contribution in [0.15, 0.2) is 181 Å². The molecule has 0 atom stereocenters. The van der Waals surface area contributed by atoms with Gasteiger partial charge >= 0.3 is 0 Å². The molecule has 58 heavy (non-hydrogen) atoms. The van der Waals surface area contributed by atoms with Gasteiger partial charge < -0.3 is 0 Å². The fourth-order valence-electron chi connectivity index (χ4n) is 8.48. The molecule has 0 saturated heterocycles. The van der Waals surface area contributed by atoms with E-state index in [-0.39, 0.29) is 0 Å². The lowest BCUT2D eigenvalue weighted by atomic mass is 9.95. The molecular formula is C53H34N2S3. The van der Waals surface area contributed by atoms with Crippen LogP contribution < -0.4 is 0 Å². The molecule has 2 nitrogen and oxygen atoms in total. The number of hydrogen-bond acceptors (Lipinski definition) is 4. The van der Waals surface area contributed by atoms with E-state index in [4.69, 9.17) is 10.4 Å². The number of nitrogens with one attached hydrogen (secondary N) is 1. The zero-order chi connectivity index (χ0) is 38.7. The van der Waals surface area contributed by atoms with Gasteiger partial charge in [-0.25, -0.2) is 4.99 Å². The second kappa shape index (κ2) is 14.2. The molecule has 0 amide bonds. The van der Waals surface area contributed by atoms with Gasteiger partial charge in [0.1, 0.15) is 6.34 Å². The molecule has 0 spiro atoms. The summed E-state index contributed by atoms with van der Waals surface area (Å²) < 4.78 is 6.48. The Balaban J connectivity index is 0.942. The lowest BCUT2D eigenvalue weighted by molar-refractivity contribution is 1.48. The molecule has 274 valence electrons. The van der Waals surface area contributed by atoms with Crippen LogP contribution in [0, 0.1) is 12.3 Å². The van der Waals surface area contributed by atoms with Gasteiger partial charge in [0.2, 0.25) is 0 Å². The molecule has 8 aromatic carbocycles. The lowest BCUT2D eigenvalue weighted by Crippen LogP contribution is -2.03. The number of hydrogen-bond donors (Lipinski definition) is 1. The monoisotopic (exact) mass is 794 g/mol. The Hall–Kier alpha value is -6.50. The summed E-state index contributed by atoms with van der Waals surface area (Å²) in [6, 6.07) is 63.9. The predicted molar refractivity (Wildman–Crippen MR) is 255 cm³/mol. The zero-order valence-electron chi connectivity index (χ0n) is 31.5. The number of aliphatic imine (C=N–C) groups is 1. The van der Waals surface area contributed by atoms with E-state index >= 15 is 0 Å². The molecule has 0 fully saturated rings. The summed E-state index contributed by atoms with van der Waals surface area (Å²) in [4.78, 5) is 5.80. The normalized spacial score (nSPS) is 12.1. The van der Waals surface area contributed by atoms with Gasteiger partial charge in [0.25, 0.3) is 0 Å². The summed E-state index contributed by atoms with van der Waals surface area (Å²) in [5.41, 5.74) is 12.6. The third-order valence-corrected chi connectivity index (χ3v) is 15.0. The second-order valence-electron chi connectivity index (χ2n) is 14.7. The van der Waals surface area contributed by atoms with E-state index < -0.39 is 0 Å². The van der Waals surface area contributed by atoms with Gasteiger partial charge in [0.05, 0.1) is 10.6 Å². The number of nitrogens with zero attached hydrogens (tertiary/aromatic N) is 1. The number of thiophene rings is 3. The standard InChI is InChI=1S/C53H34N2S3/c1-32-46-30-36(34-12-7-15-38(28-34)41-20-10-22-45-43-18-3-5-24-48(43)58-53(41)45)25-26-49(46)56-51(32)50(55-31-54)39-16-8-13-35(29-39)33-11-6-14-37(27-33)40-19-9-21-44-42-17-2-4-23-47(42)57-52(40)44/h2-31,54H,1H3/b54-31?,55-50-. The second-order valence-corrected chi connectivity index (χ2v) is 17.8. The maximum atomic E-state index is 8.10.